The fourth-order valence-corrected chi connectivity index (χ4v) is 3.09. The summed E-state index contributed by atoms with van der Waals surface area (Å²) >= 11 is 0. The van der Waals surface area contributed by atoms with Crippen LogP contribution < -0.4 is 10.2 Å². The van der Waals surface area contributed by atoms with Crippen molar-refractivity contribution in [3.8, 4) is 0 Å². The van der Waals surface area contributed by atoms with Crippen LogP contribution in [0.5, 0.6) is 0 Å². The number of rotatable bonds is 5. The maximum absolute atomic E-state index is 12.8. The lowest BCUT2D eigenvalue weighted by molar-refractivity contribution is -0.117. The Hall–Kier alpha value is -3.22. The molecule has 7 heteroatoms. The van der Waals surface area contributed by atoms with E-state index in [-0.39, 0.29) is 24.4 Å². The molecular weight excluding hydrogens is 332 g/mol. The molecule has 2 aromatic rings. The third-order valence-corrected chi connectivity index (χ3v) is 4.46. The standard InChI is InChI=1S/C19H20N4O3/c1-3-16(14-5-4-10-20-11-14)22(2)18(25)13-6-8-15(9-7-13)23-12-17(24)21-19(23)26/h4-11,16H,3,12H2,1-2H3,(H,21,24,26)/t16-/m0/s1. The molecule has 1 atom stereocenters. The Kier molecular flexibility index (Phi) is 4.97. The molecule has 0 spiro atoms. The molecule has 2 heterocycles. The summed E-state index contributed by atoms with van der Waals surface area (Å²) < 4.78 is 0. The molecule has 0 aliphatic carbocycles. The van der Waals surface area contributed by atoms with Crippen LogP contribution in [0.4, 0.5) is 10.5 Å². The minimum atomic E-state index is -0.450. The number of amides is 4. The summed E-state index contributed by atoms with van der Waals surface area (Å²) in [6, 6.07) is 9.96. The monoisotopic (exact) mass is 352 g/mol. The summed E-state index contributed by atoms with van der Waals surface area (Å²) in [7, 11) is 1.77. The SMILES string of the molecule is CC[C@@H](c1cccnc1)N(C)C(=O)c1ccc(N2CC(=O)NC2=O)cc1. The molecule has 0 saturated carbocycles. The fraction of sp³-hybridized carbons (Fsp3) is 0.263. The number of pyridine rings is 1. The molecule has 1 N–H and O–H groups in total. The van der Waals surface area contributed by atoms with Crippen LogP contribution in [0.15, 0.2) is 48.8 Å². The molecule has 1 saturated heterocycles. The summed E-state index contributed by atoms with van der Waals surface area (Å²) in [5.74, 6) is -0.452. The Bertz CT molecular complexity index is 820. The highest BCUT2D eigenvalue weighted by Crippen LogP contribution is 2.25. The first kappa shape index (κ1) is 17.6. The molecule has 0 bridgehead atoms. The van der Waals surface area contributed by atoms with E-state index in [1.807, 2.05) is 19.1 Å². The first-order valence-corrected chi connectivity index (χ1v) is 8.39. The fourth-order valence-electron chi connectivity index (χ4n) is 3.09. The zero-order chi connectivity index (χ0) is 18.7. The summed E-state index contributed by atoms with van der Waals surface area (Å²) in [4.78, 5) is 43.0. The summed E-state index contributed by atoms with van der Waals surface area (Å²) in [5, 5.41) is 2.23. The molecule has 0 unspecified atom stereocenters. The second kappa shape index (κ2) is 7.35. The first-order chi connectivity index (χ1) is 12.5. The molecule has 7 nitrogen and oxygen atoms in total. The molecule has 3 rings (SSSR count). The van der Waals surface area contributed by atoms with E-state index in [0.29, 0.717) is 11.3 Å². The van der Waals surface area contributed by atoms with Crippen LogP contribution in [0.2, 0.25) is 0 Å². The molecule has 1 aromatic heterocycles. The maximum atomic E-state index is 12.8. The van der Waals surface area contributed by atoms with Crippen LogP contribution in [0, 0.1) is 0 Å². The minimum Gasteiger partial charge on any atom is -0.335 e. The Morgan fingerprint density at radius 1 is 1.27 bits per heavy atom. The van der Waals surface area contributed by atoms with Crippen LogP contribution in [0.1, 0.15) is 35.3 Å². The molecule has 1 aromatic carbocycles. The van der Waals surface area contributed by atoms with Gasteiger partial charge in [0.05, 0.1) is 6.04 Å². The van der Waals surface area contributed by atoms with E-state index in [1.54, 1.807) is 48.6 Å². The molecule has 0 radical (unpaired) electrons. The summed E-state index contributed by atoms with van der Waals surface area (Å²) in [5.41, 5.74) is 2.08. The van der Waals surface area contributed by atoms with Gasteiger partial charge in [-0.1, -0.05) is 13.0 Å². The van der Waals surface area contributed by atoms with Crippen molar-refractivity contribution >= 4 is 23.5 Å². The van der Waals surface area contributed by atoms with Crippen LogP contribution >= 0.6 is 0 Å². The van der Waals surface area contributed by atoms with E-state index in [1.165, 1.54) is 4.90 Å². The number of hydrogen-bond donors (Lipinski definition) is 1. The molecule has 1 aliphatic rings. The van der Waals surface area contributed by atoms with Crippen LogP contribution in [-0.2, 0) is 4.79 Å². The van der Waals surface area contributed by atoms with Gasteiger partial charge in [-0.05, 0) is 42.3 Å². The van der Waals surface area contributed by atoms with Crippen LogP contribution in [0.25, 0.3) is 0 Å². The van der Waals surface area contributed by atoms with Gasteiger partial charge in [-0.2, -0.15) is 0 Å². The van der Waals surface area contributed by atoms with E-state index < -0.39 is 6.03 Å². The van der Waals surface area contributed by atoms with Gasteiger partial charge in [0, 0.05) is 30.7 Å². The zero-order valence-corrected chi connectivity index (χ0v) is 14.7. The van der Waals surface area contributed by atoms with Gasteiger partial charge in [-0.25, -0.2) is 4.79 Å². The predicted molar refractivity (Wildman–Crippen MR) is 96.7 cm³/mol. The topological polar surface area (TPSA) is 82.6 Å². The summed E-state index contributed by atoms with van der Waals surface area (Å²) in [6.45, 7) is 2.01. The van der Waals surface area contributed by atoms with Gasteiger partial charge in [0.2, 0.25) is 5.91 Å². The van der Waals surface area contributed by atoms with Gasteiger partial charge < -0.3 is 4.90 Å². The van der Waals surface area contributed by atoms with E-state index in [0.717, 1.165) is 12.0 Å². The van der Waals surface area contributed by atoms with Gasteiger partial charge in [0.25, 0.3) is 5.91 Å². The molecule has 1 fully saturated rings. The number of carbonyl (C=O) groups is 3. The number of anilines is 1. The first-order valence-electron chi connectivity index (χ1n) is 8.39. The minimum absolute atomic E-state index is 0.00898. The largest absolute Gasteiger partial charge is 0.335 e. The average molecular weight is 352 g/mol. The number of nitrogens with zero attached hydrogens (tertiary/aromatic N) is 3. The quantitative estimate of drug-likeness (QED) is 0.838. The smallest absolute Gasteiger partial charge is 0.329 e. The van der Waals surface area contributed by atoms with Crippen molar-refractivity contribution in [1.82, 2.24) is 15.2 Å². The van der Waals surface area contributed by atoms with Crippen molar-refractivity contribution in [2.75, 3.05) is 18.5 Å². The predicted octanol–water partition coefficient (Wildman–Crippen LogP) is 2.36. The lowest BCUT2D eigenvalue weighted by atomic mass is 10.0. The third-order valence-electron chi connectivity index (χ3n) is 4.46. The van der Waals surface area contributed by atoms with Gasteiger partial charge in [0.15, 0.2) is 0 Å². The van der Waals surface area contributed by atoms with Crippen LogP contribution in [0.3, 0.4) is 0 Å². The lowest BCUT2D eigenvalue weighted by Crippen LogP contribution is -2.31. The normalized spacial score (nSPS) is 14.9. The lowest BCUT2D eigenvalue weighted by Gasteiger charge is -2.27. The number of imide groups is 1. The Morgan fingerprint density at radius 3 is 2.54 bits per heavy atom. The number of carbonyl (C=O) groups excluding carboxylic acids is 3. The average Bonchev–Trinajstić information content (AvgIpc) is 3.01. The molecule has 1 aliphatic heterocycles. The van der Waals surface area contributed by atoms with Crippen molar-refractivity contribution < 1.29 is 14.4 Å². The second-order valence-corrected chi connectivity index (χ2v) is 6.11. The molecular formula is C19H20N4O3. The van der Waals surface area contributed by atoms with E-state index >= 15 is 0 Å². The number of nitrogens with one attached hydrogen (secondary N) is 1. The molecule has 4 amide bonds. The Balaban J connectivity index is 1.77. The van der Waals surface area contributed by atoms with Crippen molar-refractivity contribution in [2.45, 2.75) is 19.4 Å². The van der Waals surface area contributed by atoms with Crippen molar-refractivity contribution in [2.24, 2.45) is 0 Å². The van der Waals surface area contributed by atoms with Crippen molar-refractivity contribution in [1.29, 1.82) is 0 Å². The van der Waals surface area contributed by atoms with E-state index in [4.69, 9.17) is 0 Å². The van der Waals surface area contributed by atoms with Gasteiger partial charge in [0.1, 0.15) is 6.54 Å². The van der Waals surface area contributed by atoms with Crippen molar-refractivity contribution in [3.05, 3.63) is 59.9 Å². The highest BCUT2D eigenvalue weighted by molar-refractivity contribution is 6.12. The Labute approximate surface area is 151 Å². The van der Waals surface area contributed by atoms with E-state index in [9.17, 15) is 14.4 Å². The number of benzene rings is 1. The van der Waals surface area contributed by atoms with Gasteiger partial charge in [-0.15, -0.1) is 0 Å². The number of aromatic nitrogens is 1. The van der Waals surface area contributed by atoms with Crippen molar-refractivity contribution in [3.63, 3.8) is 0 Å². The number of hydrogen-bond acceptors (Lipinski definition) is 4. The molecule has 134 valence electrons. The highest BCUT2D eigenvalue weighted by Gasteiger charge is 2.28. The van der Waals surface area contributed by atoms with Crippen LogP contribution in [-0.4, -0.2) is 41.3 Å². The van der Waals surface area contributed by atoms with Gasteiger partial charge >= 0.3 is 6.03 Å². The third kappa shape index (κ3) is 3.42. The maximum Gasteiger partial charge on any atom is 0.329 e. The zero-order valence-electron chi connectivity index (χ0n) is 14.7. The molecule has 26 heavy (non-hydrogen) atoms. The Morgan fingerprint density at radius 2 is 2.00 bits per heavy atom. The highest BCUT2D eigenvalue weighted by atomic mass is 16.2. The van der Waals surface area contributed by atoms with E-state index in [2.05, 4.69) is 10.3 Å². The van der Waals surface area contributed by atoms with Gasteiger partial charge in [-0.3, -0.25) is 24.8 Å². The number of urea groups is 1. The second-order valence-electron chi connectivity index (χ2n) is 6.11. The summed E-state index contributed by atoms with van der Waals surface area (Å²) in [6.07, 6.45) is 4.24.